The van der Waals surface area contributed by atoms with E-state index in [1.165, 1.54) is 24.3 Å². The molecule has 2 aromatic rings. The van der Waals surface area contributed by atoms with E-state index in [4.69, 9.17) is 16.3 Å². The van der Waals surface area contributed by atoms with Crippen LogP contribution < -0.4 is 10.1 Å². The van der Waals surface area contributed by atoms with Crippen LogP contribution in [0.4, 0.5) is 4.39 Å². The highest BCUT2D eigenvalue weighted by molar-refractivity contribution is 6.32. The van der Waals surface area contributed by atoms with Gasteiger partial charge in [-0.3, -0.25) is 9.69 Å². The number of hydrogen-bond acceptors (Lipinski definition) is 4. The van der Waals surface area contributed by atoms with Gasteiger partial charge in [0.05, 0.1) is 12.1 Å². The molecule has 2 aromatic carbocycles. The fraction of sp³-hybridized carbons (Fsp3) is 0.435. The Morgan fingerprint density at radius 1 is 1.23 bits per heavy atom. The SMILES string of the molecule is COc1c(F)cc(CN(C)C(=O)C2(N3CCNCC3)Cc3ccccc3C2)cc1Cl. The fourth-order valence-electron chi connectivity index (χ4n) is 4.80. The molecule has 1 N–H and O–H groups in total. The molecule has 0 bridgehead atoms. The summed E-state index contributed by atoms with van der Waals surface area (Å²) in [7, 11) is 3.17. The maximum atomic E-state index is 14.3. The lowest BCUT2D eigenvalue weighted by molar-refractivity contribution is -0.144. The summed E-state index contributed by atoms with van der Waals surface area (Å²) in [5.41, 5.74) is 2.50. The van der Waals surface area contributed by atoms with Gasteiger partial charge in [0.15, 0.2) is 11.6 Å². The highest BCUT2D eigenvalue weighted by Crippen LogP contribution is 2.37. The van der Waals surface area contributed by atoms with Gasteiger partial charge >= 0.3 is 0 Å². The predicted octanol–water partition coefficient (Wildman–Crippen LogP) is 2.89. The lowest BCUT2D eigenvalue weighted by Crippen LogP contribution is -2.63. The molecule has 1 fully saturated rings. The zero-order chi connectivity index (χ0) is 21.3. The summed E-state index contributed by atoms with van der Waals surface area (Å²) in [4.78, 5) is 17.9. The number of methoxy groups -OCH3 is 1. The molecule has 1 heterocycles. The second-order valence-electron chi connectivity index (χ2n) is 8.14. The lowest BCUT2D eigenvalue weighted by atomic mass is 9.90. The summed E-state index contributed by atoms with van der Waals surface area (Å²) >= 11 is 6.15. The topological polar surface area (TPSA) is 44.8 Å². The average Bonchev–Trinajstić information content (AvgIpc) is 3.14. The van der Waals surface area contributed by atoms with Crippen LogP contribution in [0.3, 0.4) is 0 Å². The molecule has 4 rings (SSSR count). The Kier molecular flexibility index (Phi) is 6.00. The maximum Gasteiger partial charge on any atom is 0.243 e. The van der Waals surface area contributed by atoms with E-state index in [9.17, 15) is 9.18 Å². The van der Waals surface area contributed by atoms with E-state index in [1.807, 2.05) is 12.1 Å². The summed E-state index contributed by atoms with van der Waals surface area (Å²) in [6.45, 7) is 3.68. The Hall–Kier alpha value is -2.15. The largest absolute Gasteiger partial charge is 0.492 e. The van der Waals surface area contributed by atoms with Crippen LogP contribution >= 0.6 is 11.6 Å². The molecule has 0 radical (unpaired) electrons. The Bertz CT molecular complexity index is 898. The molecule has 2 aliphatic rings. The van der Waals surface area contributed by atoms with Gasteiger partial charge in [-0.15, -0.1) is 0 Å². The van der Waals surface area contributed by atoms with Crippen molar-refractivity contribution in [2.24, 2.45) is 0 Å². The van der Waals surface area contributed by atoms with Gasteiger partial charge in [-0.1, -0.05) is 35.9 Å². The zero-order valence-electron chi connectivity index (χ0n) is 17.4. The number of ether oxygens (including phenoxy) is 1. The monoisotopic (exact) mass is 431 g/mol. The number of nitrogens with one attached hydrogen (secondary N) is 1. The minimum absolute atomic E-state index is 0.0259. The highest BCUT2D eigenvalue weighted by atomic mass is 35.5. The van der Waals surface area contributed by atoms with Gasteiger partial charge in [0, 0.05) is 52.6 Å². The Morgan fingerprint density at radius 2 is 1.87 bits per heavy atom. The van der Waals surface area contributed by atoms with Crippen LogP contribution in [-0.4, -0.2) is 61.6 Å². The van der Waals surface area contributed by atoms with E-state index in [0.29, 0.717) is 18.4 Å². The van der Waals surface area contributed by atoms with Crippen molar-refractivity contribution in [2.75, 3.05) is 40.3 Å². The Morgan fingerprint density at radius 3 is 2.43 bits per heavy atom. The van der Waals surface area contributed by atoms with Crippen LogP contribution in [-0.2, 0) is 24.2 Å². The van der Waals surface area contributed by atoms with Gasteiger partial charge in [-0.2, -0.15) is 0 Å². The van der Waals surface area contributed by atoms with Crippen LogP contribution in [0.2, 0.25) is 5.02 Å². The molecule has 7 heteroatoms. The molecule has 0 aromatic heterocycles. The number of hydrogen-bond donors (Lipinski definition) is 1. The van der Waals surface area contributed by atoms with E-state index in [-0.39, 0.29) is 23.2 Å². The third-order valence-corrected chi connectivity index (χ3v) is 6.51. The third-order valence-electron chi connectivity index (χ3n) is 6.23. The number of benzene rings is 2. The second kappa shape index (κ2) is 8.53. The molecule has 1 saturated heterocycles. The van der Waals surface area contributed by atoms with Gasteiger partial charge in [0.25, 0.3) is 0 Å². The van der Waals surface area contributed by atoms with Crippen molar-refractivity contribution in [3.63, 3.8) is 0 Å². The average molecular weight is 432 g/mol. The number of piperazine rings is 1. The smallest absolute Gasteiger partial charge is 0.243 e. The lowest BCUT2D eigenvalue weighted by Gasteiger charge is -2.44. The predicted molar refractivity (Wildman–Crippen MR) is 115 cm³/mol. The van der Waals surface area contributed by atoms with E-state index in [2.05, 4.69) is 22.3 Å². The third kappa shape index (κ3) is 3.80. The van der Waals surface area contributed by atoms with E-state index < -0.39 is 11.4 Å². The van der Waals surface area contributed by atoms with Gasteiger partial charge in [0.1, 0.15) is 5.54 Å². The maximum absolute atomic E-state index is 14.3. The van der Waals surface area contributed by atoms with Crippen LogP contribution in [0.5, 0.6) is 5.75 Å². The standard InChI is InChI=1S/C23H27ClFN3O2/c1-27(15-16-11-19(24)21(30-2)20(25)12-16)22(29)23(28-9-7-26-8-10-28)13-17-5-3-4-6-18(17)14-23/h3-6,11-12,26H,7-10,13-15H2,1-2H3. The summed E-state index contributed by atoms with van der Waals surface area (Å²) in [5, 5.41) is 3.58. The minimum atomic E-state index is -0.602. The second-order valence-corrected chi connectivity index (χ2v) is 8.55. The molecule has 0 atom stereocenters. The molecular weight excluding hydrogens is 405 g/mol. The first kappa shape index (κ1) is 21.1. The van der Waals surface area contributed by atoms with Gasteiger partial charge in [-0.05, 0) is 28.8 Å². The number of likely N-dealkylation sites (N-methyl/N-ethyl adjacent to an activating group) is 1. The summed E-state index contributed by atoms with van der Waals surface area (Å²) in [6.07, 6.45) is 1.40. The van der Waals surface area contributed by atoms with Crippen molar-refractivity contribution in [1.29, 1.82) is 0 Å². The first-order valence-corrected chi connectivity index (χ1v) is 10.6. The number of nitrogens with zero attached hydrogens (tertiary/aromatic N) is 2. The van der Waals surface area contributed by atoms with E-state index >= 15 is 0 Å². The van der Waals surface area contributed by atoms with Crippen LogP contribution in [0.1, 0.15) is 16.7 Å². The van der Waals surface area contributed by atoms with Gasteiger partial charge in [-0.25, -0.2) is 4.39 Å². The molecule has 1 aliphatic carbocycles. The van der Waals surface area contributed by atoms with Crippen molar-refractivity contribution >= 4 is 17.5 Å². The molecule has 160 valence electrons. The quantitative estimate of drug-likeness (QED) is 0.790. The molecule has 0 spiro atoms. The number of amides is 1. The van der Waals surface area contributed by atoms with Crippen LogP contribution in [0.25, 0.3) is 0 Å². The fourth-order valence-corrected chi connectivity index (χ4v) is 5.11. The summed E-state index contributed by atoms with van der Waals surface area (Å²) in [5.74, 6) is -0.434. The first-order valence-electron chi connectivity index (χ1n) is 10.2. The summed E-state index contributed by atoms with van der Waals surface area (Å²) < 4.78 is 19.3. The first-order chi connectivity index (χ1) is 14.4. The molecule has 5 nitrogen and oxygen atoms in total. The Labute approximate surface area is 181 Å². The number of rotatable bonds is 5. The molecule has 30 heavy (non-hydrogen) atoms. The number of carbonyl (C=O) groups is 1. The van der Waals surface area contributed by atoms with Crippen LogP contribution in [0.15, 0.2) is 36.4 Å². The Balaban J connectivity index is 1.61. The van der Waals surface area contributed by atoms with Crippen molar-refractivity contribution in [3.05, 3.63) is 63.9 Å². The zero-order valence-corrected chi connectivity index (χ0v) is 18.1. The van der Waals surface area contributed by atoms with Gasteiger partial charge in [0.2, 0.25) is 5.91 Å². The number of fused-ring (bicyclic) bond motifs is 1. The van der Waals surface area contributed by atoms with Crippen LogP contribution in [0, 0.1) is 5.82 Å². The minimum Gasteiger partial charge on any atom is -0.492 e. The molecular formula is C23H27ClFN3O2. The number of carbonyl (C=O) groups excluding carboxylic acids is 1. The van der Waals surface area contributed by atoms with Crippen molar-refractivity contribution < 1.29 is 13.9 Å². The normalized spacial score (nSPS) is 18.1. The molecule has 1 aliphatic heterocycles. The van der Waals surface area contributed by atoms with Gasteiger partial charge < -0.3 is 15.0 Å². The summed E-state index contributed by atoms with van der Waals surface area (Å²) in [6, 6.07) is 11.3. The van der Waals surface area contributed by atoms with E-state index in [1.54, 1.807) is 18.0 Å². The molecule has 1 amide bonds. The highest BCUT2D eigenvalue weighted by Gasteiger charge is 2.49. The van der Waals surface area contributed by atoms with Crippen molar-refractivity contribution in [3.8, 4) is 5.75 Å². The van der Waals surface area contributed by atoms with Crippen molar-refractivity contribution in [2.45, 2.75) is 24.9 Å². The number of halogens is 2. The molecule has 0 unspecified atom stereocenters. The van der Waals surface area contributed by atoms with Crippen molar-refractivity contribution in [1.82, 2.24) is 15.1 Å². The van der Waals surface area contributed by atoms with E-state index in [0.717, 1.165) is 26.2 Å². The molecule has 0 saturated carbocycles.